The maximum absolute atomic E-state index is 12.3. The molecule has 144 valence electrons. The third-order valence-corrected chi connectivity index (χ3v) is 4.49. The van der Waals surface area contributed by atoms with Crippen molar-refractivity contribution in [1.29, 1.82) is 0 Å². The Kier molecular flexibility index (Phi) is 5.39. The predicted octanol–water partition coefficient (Wildman–Crippen LogP) is 1.85. The normalized spacial score (nSPS) is 23.1. The summed E-state index contributed by atoms with van der Waals surface area (Å²) in [5, 5.41) is 18.8. The van der Waals surface area contributed by atoms with Crippen molar-refractivity contribution in [2.75, 3.05) is 0 Å². The number of esters is 2. The first-order chi connectivity index (χ1) is 13.4. The van der Waals surface area contributed by atoms with Crippen LogP contribution in [-0.4, -0.2) is 46.3 Å². The minimum atomic E-state index is -1.53. The molecule has 0 aliphatic heterocycles. The van der Waals surface area contributed by atoms with Gasteiger partial charge in [-0.1, -0.05) is 36.4 Å². The molecule has 2 unspecified atom stereocenters. The Bertz CT molecular complexity index is 817. The molecule has 0 heterocycles. The van der Waals surface area contributed by atoms with E-state index in [9.17, 15) is 29.4 Å². The van der Waals surface area contributed by atoms with Gasteiger partial charge in [0.1, 0.15) is 11.8 Å². The van der Waals surface area contributed by atoms with Gasteiger partial charge in [-0.25, -0.2) is 9.59 Å². The third-order valence-electron chi connectivity index (χ3n) is 4.49. The molecule has 0 spiro atoms. The summed E-state index contributed by atoms with van der Waals surface area (Å²) in [6.45, 7) is 0. The molecule has 2 N–H and O–H groups in total. The molecule has 3 rings (SSSR count). The van der Waals surface area contributed by atoms with Crippen LogP contribution in [0.15, 0.2) is 60.7 Å². The van der Waals surface area contributed by atoms with Gasteiger partial charge in [0.2, 0.25) is 0 Å². The Morgan fingerprint density at radius 3 is 1.21 bits per heavy atom. The topological polar surface area (TPSA) is 127 Å². The van der Waals surface area contributed by atoms with Gasteiger partial charge in [0.25, 0.3) is 0 Å². The summed E-state index contributed by atoms with van der Waals surface area (Å²) in [6, 6.07) is 15.6. The molecule has 8 heteroatoms. The Labute approximate surface area is 159 Å². The second-order valence-electron chi connectivity index (χ2n) is 6.20. The van der Waals surface area contributed by atoms with Crippen molar-refractivity contribution in [3.63, 3.8) is 0 Å². The van der Waals surface area contributed by atoms with Crippen molar-refractivity contribution in [3.05, 3.63) is 71.8 Å². The maximum Gasteiger partial charge on any atom is 0.338 e. The molecule has 8 nitrogen and oxygen atoms in total. The Balaban J connectivity index is 1.83. The van der Waals surface area contributed by atoms with Crippen LogP contribution in [0.25, 0.3) is 0 Å². The minimum Gasteiger partial charge on any atom is -0.481 e. The van der Waals surface area contributed by atoms with E-state index in [1.165, 1.54) is 24.3 Å². The lowest BCUT2D eigenvalue weighted by atomic mass is 9.68. The van der Waals surface area contributed by atoms with E-state index < -0.39 is 47.9 Å². The molecule has 0 saturated heterocycles. The van der Waals surface area contributed by atoms with E-state index in [4.69, 9.17) is 9.47 Å². The van der Waals surface area contributed by atoms with Gasteiger partial charge < -0.3 is 19.7 Å². The fourth-order valence-corrected chi connectivity index (χ4v) is 3.07. The van der Waals surface area contributed by atoms with Crippen molar-refractivity contribution < 1.29 is 38.9 Å². The summed E-state index contributed by atoms with van der Waals surface area (Å²) >= 11 is 0. The number of ether oxygens (including phenoxy) is 2. The first-order valence-electron chi connectivity index (χ1n) is 8.38. The molecule has 0 radical (unpaired) electrons. The summed E-state index contributed by atoms with van der Waals surface area (Å²) in [5.74, 6) is -7.63. The molecule has 0 aromatic heterocycles. The van der Waals surface area contributed by atoms with Crippen LogP contribution in [0, 0.1) is 11.8 Å². The zero-order valence-electron chi connectivity index (χ0n) is 14.4. The summed E-state index contributed by atoms with van der Waals surface area (Å²) in [5.41, 5.74) is 0.331. The van der Waals surface area contributed by atoms with Crippen LogP contribution in [0.2, 0.25) is 0 Å². The van der Waals surface area contributed by atoms with E-state index in [0.29, 0.717) is 0 Å². The summed E-state index contributed by atoms with van der Waals surface area (Å²) in [6.07, 6.45) is -2.84. The first kappa shape index (κ1) is 19.1. The number of hydrogen-bond donors (Lipinski definition) is 2. The molecule has 2 aromatic rings. The van der Waals surface area contributed by atoms with E-state index in [2.05, 4.69) is 0 Å². The summed E-state index contributed by atoms with van der Waals surface area (Å²) in [7, 11) is 0. The molecular weight excluding hydrogens is 368 g/mol. The highest BCUT2D eigenvalue weighted by molar-refractivity contribution is 5.92. The highest BCUT2D eigenvalue weighted by Gasteiger charge is 2.62. The Morgan fingerprint density at radius 1 is 0.607 bits per heavy atom. The maximum atomic E-state index is 12.3. The van der Waals surface area contributed by atoms with Gasteiger partial charge in [-0.3, -0.25) is 9.59 Å². The smallest absolute Gasteiger partial charge is 0.338 e. The van der Waals surface area contributed by atoms with Crippen molar-refractivity contribution in [3.8, 4) is 0 Å². The van der Waals surface area contributed by atoms with E-state index in [-0.39, 0.29) is 11.1 Å². The van der Waals surface area contributed by atoms with Gasteiger partial charge in [-0.2, -0.15) is 0 Å². The fraction of sp³-hybridized carbons (Fsp3) is 0.200. The van der Waals surface area contributed by atoms with Crippen LogP contribution in [0.3, 0.4) is 0 Å². The zero-order chi connectivity index (χ0) is 20.3. The molecule has 4 atom stereocenters. The van der Waals surface area contributed by atoms with Crippen molar-refractivity contribution in [2.45, 2.75) is 12.2 Å². The van der Waals surface area contributed by atoms with Crippen LogP contribution in [0.4, 0.5) is 0 Å². The molecule has 0 amide bonds. The zero-order valence-corrected chi connectivity index (χ0v) is 14.4. The van der Waals surface area contributed by atoms with Crippen molar-refractivity contribution in [2.24, 2.45) is 11.8 Å². The molecule has 1 fully saturated rings. The number of benzene rings is 2. The van der Waals surface area contributed by atoms with Gasteiger partial charge in [-0.15, -0.1) is 0 Å². The van der Waals surface area contributed by atoms with Gasteiger partial charge in [-0.05, 0) is 24.3 Å². The Morgan fingerprint density at radius 2 is 0.929 bits per heavy atom. The number of hydrogen-bond acceptors (Lipinski definition) is 6. The van der Waals surface area contributed by atoms with E-state index in [0.717, 1.165) is 0 Å². The number of carboxylic acids is 2. The lowest BCUT2D eigenvalue weighted by Crippen LogP contribution is -2.64. The second-order valence-corrected chi connectivity index (χ2v) is 6.20. The van der Waals surface area contributed by atoms with E-state index in [1.807, 2.05) is 0 Å². The predicted molar refractivity (Wildman–Crippen MR) is 93.5 cm³/mol. The molecule has 28 heavy (non-hydrogen) atoms. The molecular formula is C20H16O8. The quantitative estimate of drug-likeness (QED) is 0.723. The summed E-state index contributed by atoms with van der Waals surface area (Å²) in [4.78, 5) is 47.6. The highest BCUT2D eigenvalue weighted by Crippen LogP contribution is 2.41. The number of aliphatic carboxylic acids is 2. The first-order valence-corrected chi connectivity index (χ1v) is 8.38. The van der Waals surface area contributed by atoms with Crippen molar-refractivity contribution in [1.82, 2.24) is 0 Å². The van der Waals surface area contributed by atoms with Crippen LogP contribution >= 0.6 is 0 Å². The van der Waals surface area contributed by atoms with Crippen LogP contribution in [0.5, 0.6) is 0 Å². The second kappa shape index (κ2) is 7.91. The number of carboxylic acid groups (broad SMARTS) is 2. The largest absolute Gasteiger partial charge is 0.481 e. The monoisotopic (exact) mass is 384 g/mol. The van der Waals surface area contributed by atoms with Crippen LogP contribution in [-0.2, 0) is 19.1 Å². The lowest BCUT2D eigenvalue weighted by Gasteiger charge is -2.45. The number of carbonyl (C=O) groups is 4. The van der Waals surface area contributed by atoms with Crippen molar-refractivity contribution >= 4 is 23.9 Å². The van der Waals surface area contributed by atoms with E-state index >= 15 is 0 Å². The number of carbonyl (C=O) groups excluding carboxylic acids is 2. The molecule has 0 bridgehead atoms. The minimum absolute atomic E-state index is 0.165. The molecule has 1 saturated carbocycles. The van der Waals surface area contributed by atoms with Crippen LogP contribution in [0.1, 0.15) is 20.7 Å². The van der Waals surface area contributed by atoms with Gasteiger partial charge in [0.05, 0.1) is 11.1 Å². The fourth-order valence-electron chi connectivity index (χ4n) is 3.07. The lowest BCUT2D eigenvalue weighted by molar-refractivity contribution is -0.200. The van der Waals surface area contributed by atoms with E-state index in [1.54, 1.807) is 36.4 Å². The Hall–Kier alpha value is -3.68. The average molecular weight is 384 g/mol. The van der Waals surface area contributed by atoms with Gasteiger partial charge in [0.15, 0.2) is 12.2 Å². The number of rotatable bonds is 6. The van der Waals surface area contributed by atoms with Gasteiger partial charge >= 0.3 is 23.9 Å². The van der Waals surface area contributed by atoms with Gasteiger partial charge in [0, 0.05) is 0 Å². The van der Waals surface area contributed by atoms with Crippen LogP contribution < -0.4 is 0 Å². The average Bonchev–Trinajstić information content (AvgIpc) is 2.68. The SMILES string of the molecule is O=C(OC1C(OC(=O)c2ccccc2)[C@H](C(=O)O)[C@H]1C(=O)O)c1ccccc1. The highest BCUT2D eigenvalue weighted by atomic mass is 16.6. The standard InChI is InChI=1S/C20H16O8/c21-17(22)13-14(18(23)24)16(28-20(26)12-9-5-2-6-10-12)15(13)27-19(25)11-7-3-1-4-8-11/h1-10,13-16H,(H,21,22)(H,23,24)/t13-,14-,15?,16?/m1/s1. The molecule has 2 aromatic carbocycles. The molecule has 1 aliphatic rings. The third kappa shape index (κ3) is 3.71. The summed E-state index contributed by atoms with van der Waals surface area (Å²) < 4.78 is 10.4. The molecule has 1 aliphatic carbocycles.